The number of carbonyl (C=O) groups excluding carboxylic acids is 2. The summed E-state index contributed by atoms with van der Waals surface area (Å²) in [5.74, 6) is -1.18. The van der Waals surface area contributed by atoms with E-state index in [1.165, 1.54) is 12.1 Å². The Morgan fingerprint density at radius 2 is 1.85 bits per heavy atom. The number of hydrogen-bond donors (Lipinski definition) is 1. The van der Waals surface area contributed by atoms with E-state index in [1.807, 2.05) is 44.2 Å². The van der Waals surface area contributed by atoms with Gasteiger partial charge in [-0.3, -0.25) is 14.9 Å². The molecule has 0 fully saturated rings. The highest BCUT2D eigenvalue weighted by molar-refractivity contribution is 5.92. The normalized spacial score (nSPS) is 10.5. The summed E-state index contributed by atoms with van der Waals surface area (Å²) < 4.78 is 5.04. The molecule has 2 aromatic rings. The van der Waals surface area contributed by atoms with Gasteiger partial charge in [-0.15, -0.1) is 0 Å². The van der Waals surface area contributed by atoms with Gasteiger partial charge in [0.05, 0.1) is 10.5 Å². The van der Waals surface area contributed by atoms with Crippen molar-refractivity contribution in [3.63, 3.8) is 0 Å². The molecular formula is C19H21N3O5. The number of carbonyl (C=O) groups is 2. The van der Waals surface area contributed by atoms with Gasteiger partial charge in [-0.1, -0.05) is 30.3 Å². The van der Waals surface area contributed by atoms with E-state index in [-0.39, 0.29) is 28.9 Å². The number of benzene rings is 2. The lowest BCUT2D eigenvalue weighted by Gasteiger charge is -2.26. The first kappa shape index (κ1) is 19.9. The molecule has 2 N–H and O–H groups in total. The highest BCUT2D eigenvalue weighted by Gasteiger charge is 2.21. The fraction of sp³-hybridized carbons (Fsp3) is 0.263. The van der Waals surface area contributed by atoms with Gasteiger partial charge in [0, 0.05) is 18.7 Å². The van der Waals surface area contributed by atoms with Crippen LogP contribution in [0, 0.1) is 10.1 Å². The molecule has 8 nitrogen and oxygen atoms in total. The van der Waals surface area contributed by atoms with Crippen LogP contribution in [0.1, 0.15) is 29.8 Å². The zero-order chi connectivity index (χ0) is 20.0. The fourth-order valence-corrected chi connectivity index (χ4v) is 2.46. The van der Waals surface area contributed by atoms with E-state index >= 15 is 0 Å². The van der Waals surface area contributed by atoms with Crippen LogP contribution >= 0.6 is 0 Å². The van der Waals surface area contributed by atoms with E-state index in [0.717, 1.165) is 11.6 Å². The number of amides is 1. The average molecular weight is 371 g/mol. The molecule has 0 unspecified atom stereocenters. The first-order valence-electron chi connectivity index (χ1n) is 8.34. The van der Waals surface area contributed by atoms with Gasteiger partial charge in [-0.05, 0) is 31.5 Å². The van der Waals surface area contributed by atoms with E-state index in [2.05, 4.69) is 0 Å². The number of esters is 1. The minimum atomic E-state index is -0.824. The molecule has 2 aromatic carbocycles. The van der Waals surface area contributed by atoms with E-state index in [9.17, 15) is 19.7 Å². The third-order valence-electron chi connectivity index (χ3n) is 3.93. The Balaban J connectivity index is 2.03. The van der Waals surface area contributed by atoms with Crippen LogP contribution in [0.2, 0.25) is 0 Å². The molecular weight excluding hydrogens is 350 g/mol. The van der Waals surface area contributed by atoms with Crippen LogP contribution in [0.5, 0.6) is 0 Å². The number of nitro benzene ring substituents is 1. The number of nitrogens with zero attached hydrogens (tertiary/aromatic N) is 2. The molecule has 0 heterocycles. The number of ether oxygens (including phenoxy) is 1. The van der Waals surface area contributed by atoms with E-state index in [4.69, 9.17) is 10.5 Å². The van der Waals surface area contributed by atoms with E-state index in [1.54, 1.807) is 4.90 Å². The maximum Gasteiger partial charge on any atom is 0.338 e. The fourth-order valence-electron chi connectivity index (χ4n) is 2.46. The van der Waals surface area contributed by atoms with Crippen molar-refractivity contribution in [3.8, 4) is 0 Å². The number of rotatable bonds is 7. The SMILES string of the molecule is CC(C)N(Cc1ccccc1)C(=O)COC(=O)c1ccc(N)c([N+](=O)[O-])c1. The van der Waals surface area contributed by atoms with Gasteiger partial charge in [0.25, 0.3) is 11.6 Å². The van der Waals surface area contributed by atoms with Crippen LogP contribution in [-0.4, -0.2) is 34.3 Å². The summed E-state index contributed by atoms with van der Waals surface area (Å²) in [7, 11) is 0. The van der Waals surface area contributed by atoms with Crippen LogP contribution in [0.25, 0.3) is 0 Å². The Bertz CT molecular complexity index is 836. The average Bonchev–Trinajstić information content (AvgIpc) is 2.64. The summed E-state index contributed by atoms with van der Waals surface area (Å²) in [5.41, 5.74) is 5.98. The van der Waals surface area contributed by atoms with Crippen LogP contribution in [-0.2, 0) is 16.1 Å². The zero-order valence-corrected chi connectivity index (χ0v) is 15.1. The van der Waals surface area contributed by atoms with Gasteiger partial charge in [0.15, 0.2) is 6.61 Å². The van der Waals surface area contributed by atoms with Crippen molar-refractivity contribution in [1.82, 2.24) is 4.90 Å². The molecule has 0 aromatic heterocycles. The van der Waals surface area contributed by atoms with Gasteiger partial charge < -0.3 is 15.4 Å². The van der Waals surface area contributed by atoms with Crippen LogP contribution in [0.15, 0.2) is 48.5 Å². The first-order valence-corrected chi connectivity index (χ1v) is 8.34. The van der Waals surface area contributed by atoms with Crippen LogP contribution in [0.3, 0.4) is 0 Å². The smallest absolute Gasteiger partial charge is 0.338 e. The van der Waals surface area contributed by atoms with Crippen molar-refractivity contribution < 1.29 is 19.2 Å². The topological polar surface area (TPSA) is 116 Å². The summed E-state index contributed by atoms with van der Waals surface area (Å²) in [6, 6.07) is 13.0. The summed E-state index contributed by atoms with van der Waals surface area (Å²) >= 11 is 0. The number of anilines is 1. The molecule has 0 aliphatic heterocycles. The molecule has 8 heteroatoms. The third kappa shape index (κ3) is 5.27. The minimum Gasteiger partial charge on any atom is -0.452 e. The molecule has 27 heavy (non-hydrogen) atoms. The van der Waals surface area contributed by atoms with Crippen molar-refractivity contribution in [2.24, 2.45) is 0 Å². The molecule has 0 atom stereocenters. The van der Waals surface area contributed by atoms with E-state index < -0.39 is 17.5 Å². The predicted molar refractivity (Wildman–Crippen MR) is 99.9 cm³/mol. The highest BCUT2D eigenvalue weighted by Crippen LogP contribution is 2.22. The Morgan fingerprint density at radius 3 is 2.44 bits per heavy atom. The summed E-state index contributed by atoms with van der Waals surface area (Å²) in [5, 5.41) is 10.9. The van der Waals surface area contributed by atoms with Gasteiger partial charge in [0.1, 0.15) is 5.69 Å². The number of nitro groups is 1. The predicted octanol–water partition coefficient (Wildman–Crippen LogP) is 2.77. The minimum absolute atomic E-state index is 0.0390. The summed E-state index contributed by atoms with van der Waals surface area (Å²) in [6.07, 6.45) is 0. The lowest BCUT2D eigenvalue weighted by atomic mass is 10.2. The Morgan fingerprint density at radius 1 is 1.19 bits per heavy atom. The number of hydrogen-bond acceptors (Lipinski definition) is 6. The summed E-state index contributed by atoms with van der Waals surface area (Å²) in [4.78, 5) is 36.4. The van der Waals surface area contributed by atoms with Crippen LogP contribution in [0.4, 0.5) is 11.4 Å². The van der Waals surface area contributed by atoms with Crippen molar-refractivity contribution in [2.75, 3.05) is 12.3 Å². The second kappa shape index (κ2) is 8.79. The quantitative estimate of drug-likeness (QED) is 0.346. The summed E-state index contributed by atoms with van der Waals surface area (Å²) in [6.45, 7) is 3.67. The third-order valence-corrected chi connectivity index (χ3v) is 3.93. The molecule has 0 aliphatic rings. The molecule has 0 spiro atoms. The molecule has 0 aliphatic carbocycles. The lowest BCUT2D eigenvalue weighted by molar-refractivity contribution is -0.383. The lowest BCUT2D eigenvalue weighted by Crippen LogP contribution is -2.39. The van der Waals surface area contributed by atoms with Gasteiger partial charge in [-0.25, -0.2) is 4.79 Å². The molecule has 0 saturated carbocycles. The molecule has 1 amide bonds. The second-order valence-corrected chi connectivity index (χ2v) is 6.21. The van der Waals surface area contributed by atoms with Crippen molar-refractivity contribution in [1.29, 1.82) is 0 Å². The van der Waals surface area contributed by atoms with Crippen molar-refractivity contribution in [3.05, 3.63) is 69.8 Å². The largest absolute Gasteiger partial charge is 0.452 e. The molecule has 0 saturated heterocycles. The molecule has 2 rings (SSSR count). The van der Waals surface area contributed by atoms with Crippen LogP contribution < -0.4 is 5.73 Å². The Kier molecular flexibility index (Phi) is 6.48. The van der Waals surface area contributed by atoms with E-state index in [0.29, 0.717) is 6.54 Å². The van der Waals surface area contributed by atoms with Gasteiger partial charge >= 0.3 is 5.97 Å². The Labute approximate surface area is 156 Å². The maximum atomic E-state index is 12.5. The molecule has 0 radical (unpaired) electrons. The van der Waals surface area contributed by atoms with Crippen molar-refractivity contribution >= 4 is 23.3 Å². The Hall–Kier alpha value is -3.42. The maximum absolute atomic E-state index is 12.5. The second-order valence-electron chi connectivity index (χ2n) is 6.21. The number of nitrogen functional groups attached to an aromatic ring is 1. The van der Waals surface area contributed by atoms with Crippen molar-refractivity contribution in [2.45, 2.75) is 26.4 Å². The zero-order valence-electron chi connectivity index (χ0n) is 15.1. The monoisotopic (exact) mass is 371 g/mol. The van der Waals surface area contributed by atoms with Gasteiger partial charge in [0.2, 0.25) is 0 Å². The first-order chi connectivity index (χ1) is 12.8. The molecule has 0 bridgehead atoms. The number of nitrogens with two attached hydrogens (primary N) is 1. The standard InChI is InChI=1S/C19H21N3O5/c1-13(2)21(11-14-6-4-3-5-7-14)18(23)12-27-19(24)15-8-9-16(20)17(10-15)22(25)26/h3-10,13H,11-12,20H2,1-2H3. The van der Waals surface area contributed by atoms with Gasteiger partial charge in [-0.2, -0.15) is 0 Å². The molecule has 142 valence electrons. The highest BCUT2D eigenvalue weighted by atomic mass is 16.6.